The van der Waals surface area contributed by atoms with Crippen molar-refractivity contribution in [2.45, 2.75) is 6.54 Å². The molecule has 0 aliphatic rings. The average molecular weight is 330 g/mol. The third-order valence-corrected chi connectivity index (χ3v) is 4.15. The van der Waals surface area contributed by atoms with Crippen LogP contribution in [0.3, 0.4) is 0 Å². The third-order valence-electron chi connectivity index (χ3n) is 3.22. The number of nitrogens with one attached hydrogen (secondary N) is 3. The molecular weight excluding hydrogens is 316 g/mol. The van der Waals surface area contributed by atoms with Crippen LogP contribution in [-0.2, 0) is 6.54 Å². The Kier molecular flexibility index (Phi) is 4.24. The molecule has 2 aromatic heterocycles. The van der Waals surface area contributed by atoms with Crippen LogP contribution < -0.4 is 15.7 Å². The van der Waals surface area contributed by atoms with E-state index in [1.165, 1.54) is 0 Å². The van der Waals surface area contributed by atoms with Crippen molar-refractivity contribution in [3.63, 3.8) is 0 Å². The SMILES string of the molecule is COc1ccc(-c2csc(CNC(=O)c3n[nH]c(=O)[nH]3)c2)cc1. The fraction of sp³-hybridized carbons (Fsp3) is 0.133. The van der Waals surface area contributed by atoms with E-state index in [1.54, 1.807) is 18.4 Å². The van der Waals surface area contributed by atoms with Gasteiger partial charge in [0, 0.05) is 4.88 Å². The topological polar surface area (TPSA) is 99.9 Å². The van der Waals surface area contributed by atoms with Gasteiger partial charge in [-0.3, -0.25) is 9.78 Å². The predicted octanol–water partition coefficient (Wildman–Crippen LogP) is 1.77. The summed E-state index contributed by atoms with van der Waals surface area (Å²) in [5.41, 5.74) is 1.65. The molecule has 3 aromatic rings. The van der Waals surface area contributed by atoms with E-state index in [4.69, 9.17) is 4.74 Å². The molecule has 2 heterocycles. The van der Waals surface area contributed by atoms with Crippen LogP contribution in [0, 0.1) is 0 Å². The molecule has 0 atom stereocenters. The Hall–Kier alpha value is -2.87. The van der Waals surface area contributed by atoms with Crippen molar-refractivity contribution in [1.29, 1.82) is 0 Å². The molecule has 1 aromatic carbocycles. The summed E-state index contributed by atoms with van der Waals surface area (Å²) in [7, 11) is 1.63. The van der Waals surface area contributed by atoms with E-state index in [2.05, 4.69) is 20.5 Å². The number of benzene rings is 1. The van der Waals surface area contributed by atoms with Gasteiger partial charge in [0.05, 0.1) is 13.7 Å². The van der Waals surface area contributed by atoms with Gasteiger partial charge in [0.1, 0.15) is 5.75 Å². The van der Waals surface area contributed by atoms with Crippen LogP contribution in [0.4, 0.5) is 0 Å². The number of carbonyl (C=O) groups excluding carboxylic acids is 1. The zero-order valence-electron chi connectivity index (χ0n) is 12.3. The van der Waals surface area contributed by atoms with Crippen molar-refractivity contribution >= 4 is 17.2 Å². The lowest BCUT2D eigenvalue weighted by Crippen LogP contribution is -2.24. The molecule has 0 spiro atoms. The maximum Gasteiger partial charge on any atom is 0.341 e. The lowest BCUT2D eigenvalue weighted by Gasteiger charge is -2.01. The zero-order chi connectivity index (χ0) is 16.2. The number of amides is 1. The summed E-state index contributed by atoms with van der Waals surface area (Å²) in [6.45, 7) is 0.370. The molecule has 0 saturated carbocycles. The van der Waals surface area contributed by atoms with E-state index in [-0.39, 0.29) is 5.82 Å². The van der Waals surface area contributed by atoms with Gasteiger partial charge in [-0.25, -0.2) is 9.89 Å². The second-order valence-corrected chi connectivity index (χ2v) is 5.73. The molecule has 0 fully saturated rings. The molecular formula is C15H14N4O3S. The van der Waals surface area contributed by atoms with Crippen molar-refractivity contribution < 1.29 is 9.53 Å². The highest BCUT2D eigenvalue weighted by molar-refractivity contribution is 7.10. The Morgan fingerprint density at radius 1 is 1.30 bits per heavy atom. The molecule has 0 aliphatic carbocycles. The van der Waals surface area contributed by atoms with Gasteiger partial charge >= 0.3 is 5.69 Å². The number of aromatic nitrogens is 3. The summed E-state index contributed by atoms with van der Waals surface area (Å²) in [5.74, 6) is 0.356. The molecule has 3 N–H and O–H groups in total. The van der Waals surface area contributed by atoms with Crippen molar-refractivity contribution in [3.8, 4) is 16.9 Å². The Labute approximate surface area is 135 Å². The number of hydrogen-bond acceptors (Lipinski definition) is 5. The number of carbonyl (C=O) groups is 1. The highest BCUT2D eigenvalue weighted by atomic mass is 32.1. The summed E-state index contributed by atoms with van der Waals surface area (Å²) in [6, 6.07) is 9.79. The predicted molar refractivity (Wildman–Crippen MR) is 86.7 cm³/mol. The average Bonchev–Trinajstić information content (AvgIpc) is 3.22. The quantitative estimate of drug-likeness (QED) is 0.664. The van der Waals surface area contributed by atoms with E-state index in [0.29, 0.717) is 6.54 Å². The van der Waals surface area contributed by atoms with E-state index in [1.807, 2.05) is 35.7 Å². The van der Waals surface area contributed by atoms with Crippen LogP contribution in [0.25, 0.3) is 11.1 Å². The first-order valence-electron chi connectivity index (χ1n) is 6.80. The van der Waals surface area contributed by atoms with Crippen molar-refractivity contribution in [3.05, 3.63) is 56.9 Å². The first-order valence-corrected chi connectivity index (χ1v) is 7.68. The second kappa shape index (κ2) is 6.49. The molecule has 0 radical (unpaired) electrons. The summed E-state index contributed by atoms with van der Waals surface area (Å²) in [6.07, 6.45) is 0. The fourth-order valence-corrected chi connectivity index (χ4v) is 2.87. The summed E-state index contributed by atoms with van der Waals surface area (Å²) < 4.78 is 5.14. The van der Waals surface area contributed by atoms with E-state index >= 15 is 0 Å². The number of methoxy groups -OCH3 is 1. The normalized spacial score (nSPS) is 10.5. The fourth-order valence-electron chi connectivity index (χ4n) is 2.04. The molecule has 0 saturated heterocycles. The summed E-state index contributed by atoms with van der Waals surface area (Å²) >= 11 is 1.55. The van der Waals surface area contributed by atoms with Crippen LogP contribution in [0.1, 0.15) is 15.5 Å². The third kappa shape index (κ3) is 3.49. The van der Waals surface area contributed by atoms with E-state index < -0.39 is 11.6 Å². The molecule has 0 bridgehead atoms. The molecule has 0 aliphatic heterocycles. The van der Waals surface area contributed by atoms with Gasteiger partial charge in [-0.1, -0.05) is 12.1 Å². The minimum absolute atomic E-state index is 0.0260. The smallest absolute Gasteiger partial charge is 0.341 e. The Balaban J connectivity index is 1.64. The number of hydrogen-bond donors (Lipinski definition) is 3. The molecule has 1 amide bonds. The van der Waals surface area contributed by atoms with Crippen molar-refractivity contribution in [1.82, 2.24) is 20.5 Å². The van der Waals surface area contributed by atoms with Gasteiger partial charge < -0.3 is 10.1 Å². The number of H-pyrrole nitrogens is 2. The minimum Gasteiger partial charge on any atom is -0.497 e. The lowest BCUT2D eigenvalue weighted by molar-refractivity contribution is 0.0941. The molecule has 0 unspecified atom stereocenters. The Bertz CT molecular complexity index is 863. The van der Waals surface area contributed by atoms with Gasteiger partial charge in [-0.2, -0.15) is 0 Å². The highest BCUT2D eigenvalue weighted by Gasteiger charge is 2.10. The monoisotopic (exact) mass is 330 g/mol. The maximum absolute atomic E-state index is 11.8. The first kappa shape index (κ1) is 15.0. The zero-order valence-corrected chi connectivity index (χ0v) is 13.1. The minimum atomic E-state index is -0.506. The summed E-state index contributed by atoms with van der Waals surface area (Å²) in [5, 5.41) is 10.5. The van der Waals surface area contributed by atoms with Gasteiger partial charge in [0.25, 0.3) is 5.91 Å². The van der Waals surface area contributed by atoms with E-state index in [9.17, 15) is 9.59 Å². The van der Waals surface area contributed by atoms with Crippen molar-refractivity contribution in [2.24, 2.45) is 0 Å². The van der Waals surface area contributed by atoms with Crippen LogP contribution in [0.2, 0.25) is 0 Å². The van der Waals surface area contributed by atoms with Gasteiger partial charge in [0.15, 0.2) is 0 Å². The van der Waals surface area contributed by atoms with Crippen molar-refractivity contribution in [2.75, 3.05) is 7.11 Å². The molecule has 118 valence electrons. The lowest BCUT2D eigenvalue weighted by atomic mass is 10.1. The van der Waals surface area contributed by atoms with Gasteiger partial charge in [-0.15, -0.1) is 16.4 Å². The largest absolute Gasteiger partial charge is 0.497 e. The standard InChI is InChI=1S/C15H14N4O3S/c1-22-11-4-2-9(3-5-11)10-6-12(23-8-10)7-16-14(20)13-17-15(21)19-18-13/h2-6,8H,7H2,1H3,(H,16,20)(H2,17,18,19,21). The number of ether oxygens (including phenoxy) is 1. The highest BCUT2D eigenvalue weighted by Crippen LogP contribution is 2.27. The number of rotatable bonds is 5. The molecule has 8 heteroatoms. The van der Waals surface area contributed by atoms with Gasteiger partial charge in [-0.05, 0) is 34.7 Å². The molecule has 23 heavy (non-hydrogen) atoms. The molecule has 3 rings (SSSR count). The van der Waals surface area contributed by atoms with Crippen LogP contribution in [-0.4, -0.2) is 28.2 Å². The molecule has 7 nitrogen and oxygen atoms in total. The van der Waals surface area contributed by atoms with Crippen LogP contribution >= 0.6 is 11.3 Å². The van der Waals surface area contributed by atoms with Crippen LogP contribution in [0.15, 0.2) is 40.5 Å². The number of thiophene rings is 1. The van der Waals surface area contributed by atoms with E-state index in [0.717, 1.165) is 21.8 Å². The maximum atomic E-state index is 11.8. The Morgan fingerprint density at radius 2 is 2.09 bits per heavy atom. The number of nitrogens with zero attached hydrogens (tertiary/aromatic N) is 1. The second-order valence-electron chi connectivity index (χ2n) is 4.74. The number of aromatic amines is 2. The Morgan fingerprint density at radius 3 is 2.74 bits per heavy atom. The first-order chi connectivity index (χ1) is 11.2. The van der Waals surface area contributed by atoms with Crippen LogP contribution in [0.5, 0.6) is 5.75 Å². The summed E-state index contributed by atoms with van der Waals surface area (Å²) in [4.78, 5) is 26.0. The van der Waals surface area contributed by atoms with Gasteiger partial charge in [0.2, 0.25) is 5.82 Å².